The molecule has 1 unspecified atom stereocenters. The van der Waals surface area contributed by atoms with Gasteiger partial charge in [-0.1, -0.05) is 18.2 Å². The lowest BCUT2D eigenvalue weighted by atomic mass is 9.89. The number of nitrogens with zero attached hydrogens (tertiary/aromatic N) is 2. The van der Waals surface area contributed by atoms with Crippen molar-refractivity contribution in [3.05, 3.63) is 71.4 Å². The molecule has 0 bridgehead atoms. The van der Waals surface area contributed by atoms with Crippen LogP contribution in [0.5, 0.6) is 0 Å². The minimum Gasteiger partial charge on any atom is -0.378 e. The molecule has 0 fully saturated rings. The van der Waals surface area contributed by atoms with Gasteiger partial charge in [-0.2, -0.15) is 5.10 Å². The Kier molecular flexibility index (Phi) is 5.30. The quantitative estimate of drug-likeness (QED) is 0.294. The fourth-order valence-electron chi connectivity index (χ4n) is 4.56. The molecule has 0 aliphatic carbocycles. The van der Waals surface area contributed by atoms with Crippen LogP contribution in [0.4, 0.5) is 5.69 Å². The summed E-state index contributed by atoms with van der Waals surface area (Å²) in [6, 6.07) is 15.5. The summed E-state index contributed by atoms with van der Waals surface area (Å²) in [5.41, 5.74) is 8.98. The topological polar surface area (TPSA) is 90.6 Å². The van der Waals surface area contributed by atoms with Crippen LogP contribution >= 0.6 is 0 Å². The summed E-state index contributed by atoms with van der Waals surface area (Å²) < 4.78 is 0. The molecule has 158 valence electrons. The fourth-order valence-corrected chi connectivity index (χ4v) is 4.56. The predicted molar refractivity (Wildman–Crippen MR) is 130 cm³/mol. The van der Waals surface area contributed by atoms with E-state index in [2.05, 4.69) is 69.3 Å². The van der Waals surface area contributed by atoms with Crippen molar-refractivity contribution in [1.29, 1.82) is 0 Å². The van der Waals surface area contributed by atoms with Crippen molar-refractivity contribution in [2.45, 2.75) is 25.8 Å². The summed E-state index contributed by atoms with van der Waals surface area (Å²) in [5, 5.41) is 12.3. The zero-order valence-corrected chi connectivity index (χ0v) is 17.8. The third-order valence-corrected chi connectivity index (χ3v) is 6.24. The SMILES string of the molecule is CC(=NN)C1=NCCC(Nc2ccc3[nH]ccc3c2)c2cc(C3=CCNCC3)ccc21. The number of hydrogen-bond acceptors (Lipinski definition) is 5. The van der Waals surface area contributed by atoms with Crippen molar-refractivity contribution in [2.75, 3.05) is 25.0 Å². The number of nitrogens with two attached hydrogens (primary N) is 1. The average Bonchev–Trinajstić information content (AvgIpc) is 3.21. The van der Waals surface area contributed by atoms with Crippen molar-refractivity contribution < 1.29 is 0 Å². The predicted octanol–water partition coefficient (Wildman–Crippen LogP) is 4.23. The van der Waals surface area contributed by atoms with Gasteiger partial charge in [0.2, 0.25) is 0 Å². The van der Waals surface area contributed by atoms with E-state index in [-0.39, 0.29) is 6.04 Å². The zero-order valence-electron chi connectivity index (χ0n) is 17.8. The lowest BCUT2D eigenvalue weighted by molar-refractivity contribution is 0.711. The summed E-state index contributed by atoms with van der Waals surface area (Å²) in [6.45, 7) is 4.60. The highest BCUT2D eigenvalue weighted by Gasteiger charge is 2.24. The van der Waals surface area contributed by atoms with Gasteiger partial charge >= 0.3 is 0 Å². The number of H-pyrrole nitrogens is 1. The second-order valence-electron chi connectivity index (χ2n) is 8.20. The van der Waals surface area contributed by atoms with Crippen LogP contribution < -0.4 is 16.5 Å². The molecule has 5 rings (SSSR count). The van der Waals surface area contributed by atoms with Gasteiger partial charge in [0, 0.05) is 41.4 Å². The molecule has 6 nitrogen and oxygen atoms in total. The lowest BCUT2D eigenvalue weighted by Gasteiger charge is -2.23. The number of hydrogen-bond donors (Lipinski definition) is 4. The van der Waals surface area contributed by atoms with E-state index in [1.165, 1.54) is 22.1 Å². The molecular formula is C25H28N6. The monoisotopic (exact) mass is 412 g/mol. The second-order valence-corrected chi connectivity index (χ2v) is 8.20. The maximum absolute atomic E-state index is 5.63. The largest absolute Gasteiger partial charge is 0.378 e. The third kappa shape index (κ3) is 3.86. The Labute approximate surface area is 182 Å². The summed E-state index contributed by atoms with van der Waals surface area (Å²) >= 11 is 0. The van der Waals surface area contributed by atoms with Gasteiger partial charge in [-0.3, -0.25) is 4.99 Å². The van der Waals surface area contributed by atoms with Crippen LogP contribution in [-0.2, 0) is 0 Å². The number of hydrazone groups is 1. The highest BCUT2D eigenvalue weighted by Crippen LogP contribution is 2.33. The van der Waals surface area contributed by atoms with Gasteiger partial charge in [0.05, 0.1) is 17.5 Å². The Morgan fingerprint density at radius 3 is 2.97 bits per heavy atom. The molecule has 2 aromatic carbocycles. The second kappa shape index (κ2) is 8.40. The summed E-state index contributed by atoms with van der Waals surface area (Å²) in [7, 11) is 0. The van der Waals surface area contributed by atoms with E-state index in [1.807, 2.05) is 13.1 Å². The molecule has 0 saturated carbocycles. The van der Waals surface area contributed by atoms with E-state index in [0.717, 1.165) is 60.7 Å². The number of nitrogens with one attached hydrogen (secondary N) is 3. The normalized spacial score (nSPS) is 19.4. The number of benzene rings is 2. The number of fused-ring (bicyclic) bond motifs is 2. The minimum atomic E-state index is 0.153. The van der Waals surface area contributed by atoms with E-state index in [4.69, 9.17) is 10.8 Å². The molecule has 2 aliphatic rings. The summed E-state index contributed by atoms with van der Waals surface area (Å²) in [4.78, 5) is 8.11. The maximum atomic E-state index is 5.63. The third-order valence-electron chi connectivity index (χ3n) is 6.24. The first-order valence-corrected chi connectivity index (χ1v) is 10.9. The number of rotatable bonds is 4. The molecule has 0 saturated heterocycles. The van der Waals surface area contributed by atoms with E-state index in [0.29, 0.717) is 0 Å². The number of aromatic amines is 1. The maximum Gasteiger partial charge on any atom is 0.0879 e. The molecule has 2 aliphatic heterocycles. The van der Waals surface area contributed by atoms with Crippen molar-refractivity contribution in [1.82, 2.24) is 10.3 Å². The van der Waals surface area contributed by atoms with Gasteiger partial charge in [-0.05, 0) is 73.3 Å². The Balaban J connectivity index is 1.56. The Morgan fingerprint density at radius 2 is 2.13 bits per heavy atom. The first-order valence-electron chi connectivity index (χ1n) is 10.9. The Bertz CT molecular complexity index is 1200. The minimum absolute atomic E-state index is 0.153. The molecule has 1 atom stereocenters. The van der Waals surface area contributed by atoms with Crippen molar-refractivity contribution in [3.63, 3.8) is 0 Å². The molecule has 31 heavy (non-hydrogen) atoms. The van der Waals surface area contributed by atoms with Crippen LogP contribution in [0.1, 0.15) is 42.5 Å². The van der Waals surface area contributed by atoms with E-state index in [9.17, 15) is 0 Å². The van der Waals surface area contributed by atoms with Gasteiger partial charge in [0.25, 0.3) is 0 Å². The Hall–Kier alpha value is -3.38. The number of aliphatic imine (C=N–C) groups is 1. The van der Waals surface area contributed by atoms with Gasteiger partial charge < -0.3 is 21.5 Å². The molecule has 0 amide bonds. The van der Waals surface area contributed by atoms with Crippen LogP contribution in [0.2, 0.25) is 0 Å². The Morgan fingerprint density at radius 1 is 1.19 bits per heavy atom. The first kappa shape index (κ1) is 19.6. The number of anilines is 1. The highest BCUT2D eigenvalue weighted by molar-refractivity contribution is 6.48. The standard InChI is InChI=1S/C25H28N6/c1-16(31-26)25-21-4-2-18(17-6-10-27-11-7-17)15-22(21)24(9-13-29-25)30-20-3-5-23-19(14-20)8-12-28-23/h2-6,8,12,14-15,24,27-28,30H,7,9-11,13,26H2,1H3. The van der Waals surface area contributed by atoms with E-state index >= 15 is 0 Å². The van der Waals surface area contributed by atoms with E-state index < -0.39 is 0 Å². The van der Waals surface area contributed by atoms with Crippen LogP contribution in [0.3, 0.4) is 0 Å². The molecular weight excluding hydrogens is 384 g/mol. The molecule has 0 radical (unpaired) electrons. The van der Waals surface area contributed by atoms with E-state index in [1.54, 1.807) is 0 Å². The highest BCUT2D eigenvalue weighted by atomic mass is 15.1. The number of aromatic nitrogens is 1. The van der Waals surface area contributed by atoms with Crippen molar-refractivity contribution in [3.8, 4) is 0 Å². The lowest BCUT2D eigenvalue weighted by Crippen LogP contribution is -2.21. The van der Waals surface area contributed by atoms with Crippen LogP contribution in [0.25, 0.3) is 16.5 Å². The molecule has 6 heteroatoms. The van der Waals surface area contributed by atoms with Gasteiger partial charge in [0.15, 0.2) is 0 Å². The van der Waals surface area contributed by atoms with Gasteiger partial charge in [-0.15, -0.1) is 0 Å². The average molecular weight is 413 g/mol. The van der Waals surface area contributed by atoms with Gasteiger partial charge in [0.1, 0.15) is 0 Å². The van der Waals surface area contributed by atoms with Crippen LogP contribution in [-0.4, -0.2) is 36.0 Å². The molecule has 1 aromatic heterocycles. The summed E-state index contributed by atoms with van der Waals surface area (Å²) in [6.07, 6.45) is 6.23. The zero-order chi connectivity index (χ0) is 21.2. The van der Waals surface area contributed by atoms with Gasteiger partial charge in [-0.25, -0.2) is 0 Å². The molecule has 0 spiro atoms. The smallest absolute Gasteiger partial charge is 0.0879 e. The summed E-state index contributed by atoms with van der Waals surface area (Å²) in [5.74, 6) is 5.63. The van der Waals surface area contributed by atoms with Crippen LogP contribution in [0.15, 0.2) is 64.8 Å². The van der Waals surface area contributed by atoms with Crippen LogP contribution in [0, 0.1) is 0 Å². The fraction of sp³-hybridized carbons (Fsp3) is 0.280. The molecule has 3 aromatic rings. The molecule has 5 N–H and O–H groups in total. The van der Waals surface area contributed by atoms with Crippen molar-refractivity contribution in [2.24, 2.45) is 15.9 Å². The van der Waals surface area contributed by atoms with Crippen molar-refractivity contribution >= 4 is 33.6 Å². The molecule has 3 heterocycles. The first-order chi connectivity index (χ1) is 15.2.